The van der Waals surface area contributed by atoms with Crippen molar-refractivity contribution in [1.82, 2.24) is 0 Å². The predicted octanol–water partition coefficient (Wildman–Crippen LogP) is 3.11. The summed E-state index contributed by atoms with van der Waals surface area (Å²) in [6, 6.07) is 3.47. The van der Waals surface area contributed by atoms with E-state index in [1.165, 1.54) is 0 Å². The average Bonchev–Trinajstić information content (AvgIpc) is 2.21. The Kier molecular flexibility index (Phi) is 7.59. The number of halogens is 3. The third-order valence-electron chi connectivity index (χ3n) is 2.14. The molecule has 3 nitrogen and oxygen atoms in total. The molecule has 0 radical (unpaired) electrons. The molecule has 0 saturated heterocycles. The van der Waals surface area contributed by atoms with Crippen LogP contribution in [0.2, 0.25) is 0 Å². The molecule has 16 heavy (non-hydrogen) atoms. The molecule has 0 bridgehead atoms. The van der Waals surface area contributed by atoms with Gasteiger partial charge in [-0.05, 0) is 62.4 Å². The van der Waals surface area contributed by atoms with Crippen molar-refractivity contribution in [1.29, 1.82) is 0 Å². The third kappa shape index (κ3) is 4.22. The van der Waals surface area contributed by atoms with E-state index in [4.69, 9.17) is 10.8 Å². The summed E-state index contributed by atoms with van der Waals surface area (Å²) in [7, 11) is 0. The van der Waals surface area contributed by atoms with Gasteiger partial charge in [-0.15, -0.1) is 12.4 Å². The second-order valence-corrected chi connectivity index (χ2v) is 5.01. The van der Waals surface area contributed by atoms with Crippen molar-refractivity contribution in [2.24, 2.45) is 5.73 Å². The minimum absolute atomic E-state index is 0. The summed E-state index contributed by atoms with van der Waals surface area (Å²) in [4.78, 5) is 0. The Morgan fingerprint density at radius 2 is 1.75 bits per heavy atom. The molecule has 0 heterocycles. The molecular formula is C10H14Br2ClNO2. The largest absolute Gasteiger partial charge is 0.506 e. The van der Waals surface area contributed by atoms with Crippen LogP contribution in [0.5, 0.6) is 5.75 Å². The normalized spacial score (nSPS) is 12.0. The number of rotatable bonds is 4. The lowest BCUT2D eigenvalue weighted by Gasteiger charge is -2.13. The van der Waals surface area contributed by atoms with Crippen LogP contribution in [0.1, 0.15) is 24.4 Å². The smallest absolute Gasteiger partial charge is 0.143 e. The molecule has 0 unspecified atom stereocenters. The highest BCUT2D eigenvalue weighted by Crippen LogP contribution is 2.35. The summed E-state index contributed by atoms with van der Waals surface area (Å²) < 4.78 is 1.23. The first-order chi connectivity index (χ1) is 7.06. The number of hydrogen-bond acceptors (Lipinski definition) is 3. The molecule has 1 aromatic carbocycles. The van der Waals surface area contributed by atoms with Crippen LogP contribution in [0, 0.1) is 0 Å². The molecule has 92 valence electrons. The van der Waals surface area contributed by atoms with Crippen molar-refractivity contribution in [2.45, 2.75) is 18.9 Å². The van der Waals surface area contributed by atoms with Gasteiger partial charge in [0.15, 0.2) is 0 Å². The molecule has 1 rings (SSSR count). The van der Waals surface area contributed by atoms with E-state index in [2.05, 4.69) is 31.9 Å². The minimum atomic E-state index is -0.120. The van der Waals surface area contributed by atoms with Gasteiger partial charge in [0, 0.05) is 12.6 Å². The fraction of sp³-hybridized carbons (Fsp3) is 0.400. The van der Waals surface area contributed by atoms with Crippen molar-refractivity contribution < 1.29 is 10.2 Å². The number of aliphatic hydroxyl groups is 1. The number of aromatic hydroxyl groups is 1. The SMILES string of the molecule is Cl.N[C@@H](CCCO)c1cc(Br)c(O)c(Br)c1. The first-order valence-corrected chi connectivity index (χ1v) is 6.19. The van der Waals surface area contributed by atoms with Crippen molar-refractivity contribution in [3.63, 3.8) is 0 Å². The van der Waals surface area contributed by atoms with Crippen LogP contribution in [-0.4, -0.2) is 16.8 Å². The van der Waals surface area contributed by atoms with Gasteiger partial charge in [-0.1, -0.05) is 0 Å². The van der Waals surface area contributed by atoms with Crippen molar-refractivity contribution in [3.8, 4) is 5.75 Å². The summed E-state index contributed by atoms with van der Waals surface area (Å²) in [5.41, 5.74) is 6.87. The van der Waals surface area contributed by atoms with Crippen LogP contribution in [0.4, 0.5) is 0 Å². The summed E-state index contributed by atoms with van der Waals surface area (Å²) in [5.74, 6) is 0.174. The van der Waals surface area contributed by atoms with Gasteiger partial charge in [-0.25, -0.2) is 0 Å². The van der Waals surface area contributed by atoms with Gasteiger partial charge in [0.25, 0.3) is 0 Å². The molecule has 0 saturated carbocycles. The zero-order valence-electron chi connectivity index (χ0n) is 8.49. The van der Waals surface area contributed by atoms with Crippen molar-refractivity contribution >= 4 is 44.3 Å². The average molecular weight is 375 g/mol. The maximum absolute atomic E-state index is 9.51. The number of phenolic OH excluding ortho intramolecular Hbond substituents is 1. The van der Waals surface area contributed by atoms with Gasteiger partial charge in [0.2, 0.25) is 0 Å². The number of aliphatic hydroxyl groups excluding tert-OH is 1. The molecule has 1 atom stereocenters. The molecule has 6 heteroatoms. The molecule has 0 fully saturated rings. The molecule has 0 amide bonds. The standard InChI is InChI=1S/C10H13Br2NO2.ClH/c11-7-4-6(5-8(12)10(7)15)9(13)2-1-3-14;/h4-5,9,14-15H,1-3,13H2;1H/t9-;/m0./s1. The van der Waals surface area contributed by atoms with E-state index in [-0.39, 0.29) is 30.8 Å². The van der Waals surface area contributed by atoms with Gasteiger partial charge in [-0.2, -0.15) is 0 Å². The molecule has 0 aromatic heterocycles. The second-order valence-electron chi connectivity index (χ2n) is 3.31. The first kappa shape index (κ1) is 16.2. The predicted molar refractivity (Wildman–Crippen MR) is 74.0 cm³/mol. The molecule has 1 aromatic rings. The summed E-state index contributed by atoms with van der Waals surface area (Å²) in [6.07, 6.45) is 1.40. The van der Waals surface area contributed by atoms with E-state index < -0.39 is 0 Å². The lowest BCUT2D eigenvalue weighted by Crippen LogP contribution is -2.10. The Morgan fingerprint density at radius 1 is 1.25 bits per heavy atom. The molecule has 0 aliphatic heterocycles. The Hall–Kier alpha value is 0.190. The fourth-order valence-corrected chi connectivity index (χ4v) is 2.50. The molecular weight excluding hydrogens is 361 g/mol. The Bertz CT molecular complexity index is 327. The highest BCUT2D eigenvalue weighted by atomic mass is 79.9. The van der Waals surface area contributed by atoms with Gasteiger partial charge in [0.1, 0.15) is 5.75 Å². The highest BCUT2D eigenvalue weighted by Gasteiger charge is 2.11. The molecule has 4 N–H and O–H groups in total. The molecule has 0 spiro atoms. The zero-order chi connectivity index (χ0) is 11.4. The topological polar surface area (TPSA) is 66.5 Å². The Labute approximate surface area is 118 Å². The van der Waals surface area contributed by atoms with Gasteiger partial charge < -0.3 is 15.9 Å². The van der Waals surface area contributed by atoms with Crippen LogP contribution in [0.15, 0.2) is 21.1 Å². The Balaban J connectivity index is 0.00000225. The molecule has 0 aliphatic carbocycles. The number of phenols is 1. The van der Waals surface area contributed by atoms with E-state index in [0.717, 1.165) is 12.0 Å². The third-order valence-corrected chi connectivity index (χ3v) is 3.35. The quantitative estimate of drug-likeness (QED) is 0.758. The van der Waals surface area contributed by atoms with Crippen LogP contribution in [0.25, 0.3) is 0 Å². The van der Waals surface area contributed by atoms with Crippen LogP contribution in [-0.2, 0) is 0 Å². The zero-order valence-corrected chi connectivity index (χ0v) is 12.5. The van der Waals surface area contributed by atoms with Gasteiger partial charge in [0.05, 0.1) is 8.95 Å². The number of benzene rings is 1. The summed E-state index contributed by atoms with van der Waals surface area (Å²) >= 11 is 6.50. The summed E-state index contributed by atoms with van der Waals surface area (Å²) in [6.45, 7) is 0.147. The number of hydrogen-bond donors (Lipinski definition) is 3. The minimum Gasteiger partial charge on any atom is -0.506 e. The first-order valence-electron chi connectivity index (χ1n) is 4.60. The monoisotopic (exact) mass is 373 g/mol. The van der Waals surface area contributed by atoms with Crippen LogP contribution in [0.3, 0.4) is 0 Å². The molecule has 0 aliphatic rings. The highest BCUT2D eigenvalue weighted by molar-refractivity contribution is 9.11. The summed E-state index contributed by atoms with van der Waals surface area (Å²) in [5, 5.41) is 18.2. The maximum atomic E-state index is 9.51. The van der Waals surface area contributed by atoms with E-state index in [1.807, 2.05) is 0 Å². The Morgan fingerprint density at radius 3 is 2.19 bits per heavy atom. The lowest BCUT2D eigenvalue weighted by molar-refractivity contribution is 0.280. The van der Waals surface area contributed by atoms with E-state index in [1.54, 1.807) is 12.1 Å². The lowest BCUT2D eigenvalue weighted by atomic mass is 10.0. The maximum Gasteiger partial charge on any atom is 0.143 e. The van der Waals surface area contributed by atoms with E-state index >= 15 is 0 Å². The van der Waals surface area contributed by atoms with E-state index in [0.29, 0.717) is 15.4 Å². The van der Waals surface area contributed by atoms with E-state index in [9.17, 15) is 5.11 Å². The number of nitrogens with two attached hydrogens (primary N) is 1. The van der Waals surface area contributed by atoms with Crippen LogP contribution >= 0.6 is 44.3 Å². The van der Waals surface area contributed by atoms with Crippen molar-refractivity contribution in [2.75, 3.05) is 6.61 Å². The van der Waals surface area contributed by atoms with Gasteiger partial charge >= 0.3 is 0 Å². The second kappa shape index (κ2) is 7.50. The fourth-order valence-electron chi connectivity index (χ4n) is 1.28. The van der Waals surface area contributed by atoms with Crippen LogP contribution < -0.4 is 5.73 Å². The van der Waals surface area contributed by atoms with Crippen molar-refractivity contribution in [3.05, 3.63) is 26.6 Å². The van der Waals surface area contributed by atoms with Gasteiger partial charge in [-0.3, -0.25) is 0 Å².